The van der Waals surface area contributed by atoms with Crippen LogP contribution in [0.2, 0.25) is 0 Å². The van der Waals surface area contributed by atoms with Crippen molar-refractivity contribution < 1.29 is 0 Å². The summed E-state index contributed by atoms with van der Waals surface area (Å²) in [7, 11) is 0. The molecular weight excluding hydrogens is 196 g/mol. The van der Waals surface area contributed by atoms with Crippen LogP contribution in [0.5, 0.6) is 0 Å². The van der Waals surface area contributed by atoms with Crippen LogP contribution in [0.3, 0.4) is 0 Å². The van der Waals surface area contributed by atoms with Crippen LogP contribution in [0.25, 0.3) is 0 Å². The molecule has 0 saturated carbocycles. The van der Waals surface area contributed by atoms with Crippen LogP contribution in [-0.4, -0.2) is 24.5 Å². The van der Waals surface area contributed by atoms with Crippen molar-refractivity contribution >= 4 is 0 Å². The van der Waals surface area contributed by atoms with E-state index in [0.29, 0.717) is 0 Å². The van der Waals surface area contributed by atoms with Gasteiger partial charge in [-0.3, -0.25) is 0 Å². The Morgan fingerprint density at radius 3 is 2.38 bits per heavy atom. The quantitative estimate of drug-likeness (QED) is 0.773. The maximum absolute atomic E-state index is 8.70. The van der Waals surface area contributed by atoms with Crippen LogP contribution in [-0.2, 0) is 6.42 Å². The highest BCUT2D eigenvalue weighted by Crippen LogP contribution is 2.10. The highest BCUT2D eigenvalue weighted by atomic mass is 15.1. The van der Waals surface area contributed by atoms with Gasteiger partial charge in [0, 0.05) is 6.54 Å². The number of nitrogens with zero attached hydrogens (tertiary/aromatic N) is 2. The second kappa shape index (κ2) is 5.67. The minimum Gasteiger partial charge on any atom is -0.303 e. The summed E-state index contributed by atoms with van der Waals surface area (Å²) in [6, 6.07) is 10.1. The molecule has 0 aromatic heterocycles. The third-order valence-corrected chi connectivity index (χ3v) is 3.25. The molecule has 1 aliphatic rings. The van der Waals surface area contributed by atoms with Crippen molar-refractivity contribution in [1.82, 2.24) is 4.90 Å². The van der Waals surface area contributed by atoms with Gasteiger partial charge in [0.1, 0.15) is 0 Å². The van der Waals surface area contributed by atoms with Crippen molar-refractivity contribution in [2.24, 2.45) is 0 Å². The summed E-state index contributed by atoms with van der Waals surface area (Å²) in [6.07, 6.45) is 5.21. The van der Waals surface area contributed by atoms with Crippen molar-refractivity contribution in [2.45, 2.75) is 25.7 Å². The van der Waals surface area contributed by atoms with Crippen LogP contribution in [0, 0.1) is 11.3 Å². The fourth-order valence-corrected chi connectivity index (χ4v) is 2.22. The minimum absolute atomic E-state index is 0.752. The Morgan fingerprint density at radius 1 is 1.06 bits per heavy atom. The van der Waals surface area contributed by atoms with Crippen molar-refractivity contribution in [1.29, 1.82) is 5.26 Å². The highest BCUT2D eigenvalue weighted by Gasteiger charge is 2.09. The zero-order valence-electron chi connectivity index (χ0n) is 9.65. The van der Waals surface area contributed by atoms with Gasteiger partial charge in [-0.25, -0.2) is 0 Å². The Morgan fingerprint density at radius 2 is 1.75 bits per heavy atom. The van der Waals surface area contributed by atoms with E-state index in [1.807, 2.05) is 12.1 Å². The molecule has 1 heterocycles. The van der Waals surface area contributed by atoms with Crippen molar-refractivity contribution in [3.63, 3.8) is 0 Å². The predicted octanol–water partition coefficient (Wildman–Crippen LogP) is 2.59. The molecule has 0 aliphatic carbocycles. The van der Waals surface area contributed by atoms with E-state index >= 15 is 0 Å². The number of rotatable bonds is 3. The monoisotopic (exact) mass is 214 g/mol. The van der Waals surface area contributed by atoms with Crippen molar-refractivity contribution in [3.8, 4) is 6.07 Å². The maximum atomic E-state index is 8.70. The Kier molecular flexibility index (Phi) is 3.96. The first-order valence-corrected chi connectivity index (χ1v) is 6.10. The molecule has 0 atom stereocenters. The van der Waals surface area contributed by atoms with E-state index in [9.17, 15) is 0 Å². The minimum atomic E-state index is 0.752. The third-order valence-electron chi connectivity index (χ3n) is 3.25. The molecule has 1 aromatic carbocycles. The number of piperidine rings is 1. The van der Waals surface area contributed by atoms with E-state index in [-0.39, 0.29) is 0 Å². The van der Waals surface area contributed by atoms with Gasteiger partial charge in [-0.15, -0.1) is 0 Å². The van der Waals surface area contributed by atoms with Gasteiger partial charge in [0.2, 0.25) is 0 Å². The average molecular weight is 214 g/mol. The van der Waals surface area contributed by atoms with Gasteiger partial charge in [0.25, 0.3) is 0 Å². The first-order valence-electron chi connectivity index (χ1n) is 6.10. The lowest BCUT2D eigenvalue weighted by molar-refractivity contribution is 0.231. The average Bonchev–Trinajstić information content (AvgIpc) is 2.38. The van der Waals surface area contributed by atoms with Gasteiger partial charge in [0.15, 0.2) is 0 Å². The number of hydrogen-bond donors (Lipinski definition) is 0. The summed E-state index contributed by atoms with van der Waals surface area (Å²) in [5.74, 6) is 0. The van der Waals surface area contributed by atoms with E-state index in [1.165, 1.54) is 37.9 Å². The van der Waals surface area contributed by atoms with Crippen molar-refractivity contribution in [3.05, 3.63) is 35.4 Å². The Hall–Kier alpha value is -1.33. The molecule has 1 aromatic rings. The molecule has 2 nitrogen and oxygen atoms in total. The second-order valence-corrected chi connectivity index (χ2v) is 4.46. The SMILES string of the molecule is N#Cc1ccc(CCN2CCCCC2)cc1. The van der Waals surface area contributed by atoms with E-state index in [4.69, 9.17) is 5.26 Å². The number of hydrogen-bond acceptors (Lipinski definition) is 2. The molecule has 0 radical (unpaired) electrons. The lowest BCUT2D eigenvalue weighted by atomic mass is 10.1. The highest BCUT2D eigenvalue weighted by molar-refractivity contribution is 5.31. The molecule has 2 rings (SSSR count). The topological polar surface area (TPSA) is 27.0 Å². The summed E-state index contributed by atoms with van der Waals surface area (Å²) in [5.41, 5.74) is 2.09. The smallest absolute Gasteiger partial charge is 0.0991 e. The zero-order chi connectivity index (χ0) is 11.2. The van der Waals surface area contributed by atoms with E-state index in [0.717, 1.165) is 18.5 Å². The molecule has 0 amide bonds. The van der Waals surface area contributed by atoms with Crippen LogP contribution in [0.1, 0.15) is 30.4 Å². The van der Waals surface area contributed by atoms with Crippen LogP contribution in [0.15, 0.2) is 24.3 Å². The summed E-state index contributed by atoms with van der Waals surface area (Å²) < 4.78 is 0. The molecule has 1 saturated heterocycles. The fraction of sp³-hybridized carbons (Fsp3) is 0.500. The third kappa shape index (κ3) is 3.08. The van der Waals surface area contributed by atoms with Gasteiger partial charge in [-0.05, 0) is 50.0 Å². The van der Waals surface area contributed by atoms with Gasteiger partial charge in [-0.2, -0.15) is 5.26 Å². The van der Waals surface area contributed by atoms with Gasteiger partial charge < -0.3 is 4.90 Å². The molecular formula is C14H18N2. The normalized spacial score (nSPS) is 16.9. The summed E-state index contributed by atoms with van der Waals surface area (Å²) >= 11 is 0. The Labute approximate surface area is 97.5 Å². The first-order chi connectivity index (χ1) is 7.88. The van der Waals surface area contributed by atoms with Crippen LogP contribution < -0.4 is 0 Å². The van der Waals surface area contributed by atoms with Gasteiger partial charge in [-0.1, -0.05) is 18.6 Å². The van der Waals surface area contributed by atoms with Gasteiger partial charge >= 0.3 is 0 Å². The lowest BCUT2D eigenvalue weighted by Crippen LogP contribution is -2.31. The molecule has 16 heavy (non-hydrogen) atoms. The zero-order valence-corrected chi connectivity index (χ0v) is 9.65. The second-order valence-electron chi connectivity index (χ2n) is 4.46. The van der Waals surface area contributed by atoms with E-state index in [2.05, 4.69) is 23.1 Å². The van der Waals surface area contributed by atoms with E-state index in [1.54, 1.807) is 0 Å². The molecule has 0 unspecified atom stereocenters. The lowest BCUT2D eigenvalue weighted by Gasteiger charge is -2.26. The number of likely N-dealkylation sites (tertiary alicyclic amines) is 1. The summed E-state index contributed by atoms with van der Waals surface area (Å²) in [6.45, 7) is 3.68. The predicted molar refractivity (Wildman–Crippen MR) is 65.2 cm³/mol. The van der Waals surface area contributed by atoms with E-state index < -0.39 is 0 Å². The largest absolute Gasteiger partial charge is 0.303 e. The summed E-state index contributed by atoms with van der Waals surface area (Å²) in [4.78, 5) is 2.54. The maximum Gasteiger partial charge on any atom is 0.0991 e. The van der Waals surface area contributed by atoms with Crippen LogP contribution >= 0.6 is 0 Å². The van der Waals surface area contributed by atoms with Gasteiger partial charge in [0.05, 0.1) is 11.6 Å². The fourth-order valence-electron chi connectivity index (χ4n) is 2.22. The Bertz CT molecular complexity index is 355. The number of nitriles is 1. The molecule has 0 N–H and O–H groups in total. The standard InChI is InChI=1S/C14H18N2/c15-12-14-6-4-13(5-7-14)8-11-16-9-2-1-3-10-16/h4-7H,1-3,8-11H2. The molecule has 0 bridgehead atoms. The molecule has 1 fully saturated rings. The molecule has 2 heteroatoms. The Balaban J connectivity index is 1.82. The van der Waals surface area contributed by atoms with Crippen molar-refractivity contribution in [2.75, 3.05) is 19.6 Å². The number of benzene rings is 1. The van der Waals surface area contributed by atoms with Crippen LogP contribution in [0.4, 0.5) is 0 Å². The molecule has 0 spiro atoms. The first kappa shape index (κ1) is 11.2. The molecule has 84 valence electrons. The molecule has 1 aliphatic heterocycles. The summed E-state index contributed by atoms with van der Waals surface area (Å²) in [5, 5.41) is 8.70.